The minimum Gasteiger partial charge on any atom is -0.354 e. The molecule has 0 aromatic heterocycles. The van der Waals surface area contributed by atoms with Crippen LogP contribution in [0.5, 0.6) is 0 Å². The van der Waals surface area contributed by atoms with Gasteiger partial charge in [-0.2, -0.15) is 5.26 Å². The van der Waals surface area contributed by atoms with E-state index in [0.717, 1.165) is 12.8 Å². The second-order valence-corrected chi connectivity index (χ2v) is 3.66. The molecule has 7 heteroatoms. The second-order valence-electron chi connectivity index (χ2n) is 3.66. The monoisotopic (exact) mass is 238 g/mol. The first-order valence-corrected chi connectivity index (χ1v) is 5.36. The van der Waals surface area contributed by atoms with E-state index in [-0.39, 0.29) is 24.9 Å². The van der Waals surface area contributed by atoms with Gasteiger partial charge in [0.2, 0.25) is 5.91 Å². The van der Waals surface area contributed by atoms with E-state index in [2.05, 4.69) is 16.0 Å². The summed E-state index contributed by atoms with van der Waals surface area (Å²) in [6, 6.07) is 1.69. The molecule has 0 saturated heterocycles. The zero-order valence-corrected chi connectivity index (χ0v) is 9.28. The van der Waals surface area contributed by atoms with Crippen LogP contribution in [0.2, 0.25) is 0 Å². The highest BCUT2D eigenvalue weighted by molar-refractivity contribution is 6.35. The van der Waals surface area contributed by atoms with E-state index in [1.54, 1.807) is 6.07 Å². The first-order valence-electron chi connectivity index (χ1n) is 5.36. The number of nitrogens with one attached hydrogen (secondary N) is 3. The number of hydrogen-bond acceptors (Lipinski definition) is 4. The Balaban J connectivity index is 2.05. The van der Waals surface area contributed by atoms with Gasteiger partial charge in [0.05, 0.1) is 6.07 Å². The van der Waals surface area contributed by atoms with E-state index in [1.165, 1.54) is 0 Å². The van der Waals surface area contributed by atoms with Gasteiger partial charge in [0, 0.05) is 19.0 Å². The van der Waals surface area contributed by atoms with E-state index >= 15 is 0 Å². The quantitative estimate of drug-likeness (QED) is 0.300. The number of nitriles is 1. The van der Waals surface area contributed by atoms with Crippen molar-refractivity contribution in [3.8, 4) is 6.07 Å². The van der Waals surface area contributed by atoms with Gasteiger partial charge in [-0.3, -0.25) is 14.4 Å². The van der Waals surface area contributed by atoms with Crippen LogP contribution in [0.3, 0.4) is 0 Å². The molecule has 0 radical (unpaired) electrons. The Morgan fingerprint density at radius 1 is 1.06 bits per heavy atom. The first kappa shape index (κ1) is 13.0. The fraction of sp³-hybridized carbons (Fsp3) is 0.600. The second kappa shape index (κ2) is 6.48. The Morgan fingerprint density at radius 2 is 1.65 bits per heavy atom. The van der Waals surface area contributed by atoms with Gasteiger partial charge in [0.15, 0.2) is 0 Å². The molecule has 0 aliphatic heterocycles. The van der Waals surface area contributed by atoms with Crippen molar-refractivity contribution in [2.75, 3.05) is 19.6 Å². The summed E-state index contributed by atoms with van der Waals surface area (Å²) < 4.78 is 0. The molecule has 1 aliphatic rings. The van der Waals surface area contributed by atoms with Gasteiger partial charge in [-0.1, -0.05) is 0 Å². The van der Waals surface area contributed by atoms with Crippen molar-refractivity contribution in [2.45, 2.75) is 12.8 Å². The summed E-state index contributed by atoms with van der Waals surface area (Å²) in [5.74, 6) is -1.53. The van der Waals surface area contributed by atoms with Crippen LogP contribution in [0.15, 0.2) is 0 Å². The van der Waals surface area contributed by atoms with E-state index in [1.807, 2.05) is 0 Å². The number of nitrogens with zero attached hydrogens (tertiary/aromatic N) is 1. The smallest absolute Gasteiger partial charge is 0.310 e. The first-order chi connectivity index (χ1) is 8.15. The number of hydrogen-bond donors (Lipinski definition) is 3. The lowest BCUT2D eigenvalue weighted by molar-refractivity contribution is -0.139. The average Bonchev–Trinajstić information content (AvgIpc) is 3.14. The maximum Gasteiger partial charge on any atom is 0.310 e. The molecule has 0 bridgehead atoms. The molecule has 0 aromatic carbocycles. The summed E-state index contributed by atoms with van der Waals surface area (Å²) in [4.78, 5) is 33.3. The lowest BCUT2D eigenvalue weighted by Gasteiger charge is -2.05. The lowest BCUT2D eigenvalue weighted by Crippen LogP contribution is -2.43. The number of rotatable bonds is 5. The molecule has 0 heterocycles. The van der Waals surface area contributed by atoms with Gasteiger partial charge in [0.1, 0.15) is 6.54 Å². The molecule has 7 nitrogen and oxygen atoms in total. The van der Waals surface area contributed by atoms with Crippen molar-refractivity contribution in [1.29, 1.82) is 5.26 Å². The average molecular weight is 238 g/mol. The van der Waals surface area contributed by atoms with Gasteiger partial charge in [-0.05, 0) is 12.8 Å². The van der Waals surface area contributed by atoms with Crippen molar-refractivity contribution in [3.05, 3.63) is 0 Å². The Labute approximate surface area is 98.5 Å². The molecule has 3 N–H and O–H groups in total. The summed E-state index contributed by atoms with van der Waals surface area (Å²) >= 11 is 0. The summed E-state index contributed by atoms with van der Waals surface area (Å²) in [6.07, 6.45) is 1.85. The summed E-state index contributed by atoms with van der Waals surface area (Å²) in [5, 5.41) is 15.3. The van der Waals surface area contributed by atoms with Crippen LogP contribution in [-0.2, 0) is 14.4 Å². The van der Waals surface area contributed by atoms with Crippen LogP contribution in [0.25, 0.3) is 0 Å². The molecule has 17 heavy (non-hydrogen) atoms. The molecule has 0 atom stereocenters. The zero-order chi connectivity index (χ0) is 12.7. The van der Waals surface area contributed by atoms with Crippen molar-refractivity contribution < 1.29 is 14.4 Å². The van der Waals surface area contributed by atoms with Crippen molar-refractivity contribution in [1.82, 2.24) is 16.0 Å². The molecule has 1 rings (SSSR count). The van der Waals surface area contributed by atoms with Gasteiger partial charge < -0.3 is 16.0 Å². The van der Waals surface area contributed by atoms with Gasteiger partial charge in [-0.15, -0.1) is 0 Å². The summed E-state index contributed by atoms with van der Waals surface area (Å²) in [6.45, 7) is 0.286. The van der Waals surface area contributed by atoms with Crippen molar-refractivity contribution in [3.63, 3.8) is 0 Å². The molecule has 3 amide bonds. The minimum absolute atomic E-state index is 0.00631. The van der Waals surface area contributed by atoms with Crippen LogP contribution in [0.1, 0.15) is 12.8 Å². The Morgan fingerprint density at radius 3 is 2.24 bits per heavy atom. The molecule has 92 valence electrons. The van der Waals surface area contributed by atoms with Crippen LogP contribution >= 0.6 is 0 Å². The normalized spacial score (nSPS) is 13.4. The van der Waals surface area contributed by atoms with Gasteiger partial charge in [0.25, 0.3) is 0 Å². The van der Waals surface area contributed by atoms with E-state index < -0.39 is 11.8 Å². The largest absolute Gasteiger partial charge is 0.354 e. The maximum atomic E-state index is 11.2. The fourth-order valence-corrected chi connectivity index (χ4v) is 1.13. The Hall–Kier alpha value is -2.10. The Bertz CT molecular complexity index is 357. The highest BCUT2D eigenvalue weighted by Gasteiger charge is 2.29. The third-order valence-electron chi connectivity index (χ3n) is 2.19. The minimum atomic E-state index is -0.847. The molecular formula is C10H14N4O3. The van der Waals surface area contributed by atoms with Crippen molar-refractivity contribution >= 4 is 17.7 Å². The van der Waals surface area contributed by atoms with Gasteiger partial charge in [-0.25, -0.2) is 0 Å². The number of carbonyl (C=O) groups excluding carboxylic acids is 3. The molecular weight excluding hydrogens is 224 g/mol. The number of carbonyl (C=O) groups is 3. The summed E-state index contributed by atoms with van der Waals surface area (Å²) in [7, 11) is 0. The number of amides is 3. The molecule has 0 spiro atoms. The zero-order valence-electron chi connectivity index (χ0n) is 9.28. The Kier molecular flexibility index (Phi) is 4.94. The van der Waals surface area contributed by atoms with E-state index in [0.29, 0.717) is 6.54 Å². The molecule has 1 aliphatic carbocycles. The third kappa shape index (κ3) is 4.97. The van der Waals surface area contributed by atoms with Crippen LogP contribution in [0.4, 0.5) is 0 Å². The fourth-order valence-electron chi connectivity index (χ4n) is 1.13. The summed E-state index contributed by atoms with van der Waals surface area (Å²) in [5.41, 5.74) is 0. The van der Waals surface area contributed by atoms with E-state index in [4.69, 9.17) is 5.26 Å². The predicted octanol–water partition coefficient (Wildman–Crippen LogP) is -1.73. The molecule has 1 fully saturated rings. The molecule has 0 unspecified atom stereocenters. The topological polar surface area (TPSA) is 111 Å². The van der Waals surface area contributed by atoms with Gasteiger partial charge >= 0.3 is 11.8 Å². The lowest BCUT2D eigenvalue weighted by atomic mass is 10.4. The van der Waals surface area contributed by atoms with Crippen LogP contribution in [0, 0.1) is 17.2 Å². The highest BCUT2D eigenvalue weighted by Crippen LogP contribution is 2.28. The standard InChI is InChI=1S/C10H14N4O3/c11-3-4-12-9(16)10(17)14-6-5-13-8(15)7-1-2-7/h7H,1-2,4-6H2,(H,12,16)(H,13,15)(H,14,17). The van der Waals surface area contributed by atoms with Crippen molar-refractivity contribution in [2.24, 2.45) is 5.92 Å². The van der Waals surface area contributed by atoms with E-state index in [9.17, 15) is 14.4 Å². The van der Waals surface area contributed by atoms with Crippen LogP contribution < -0.4 is 16.0 Å². The SMILES string of the molecule is N#CCNC(=O)C(=O)NCCNC(=O)C1CC1. The van der Waals surface area contributed by atoms with Crippen LogP contribution in [-0.4, -0.2) is 37.4 Å². The predicted molar refractivity (Wildman–Crippen MR) is 57.4 cm³/mol. The highest BCUT2D eigenvalue weighted by atomic mass is 16.2. The molecule has 1 saturated carbocycles. The maximum absolute atomic E-state index is 11.2. The third-order valence-corrected chi connectivity index (χ3v) is 2.19. The molecule has 0 aromatic rings.